The van der Waals surface area contributed by atoms with Crippen molar-refractivity contribution in [3.63, 3.8) is 0 Å². The molecule has 2 aliphatic rings. The highest BCUT2D eigenvalue weighted by molar-refractivity contribution is 7.61. The zero-order valence-corrected chi connectivity index (χ0v) is 30.4. The number of urea groups is 1. The molecule has 2 unspecified atom stereocenters. The number of phosphoric acid groups is 2. The number of alkyl halides is 3. The van der Waals surface area contributed by atoms with E-state index >= 15 is 0 Å². The van der Waals surface area contributed by atoms with Crippen molar-refractivity contribution in [1.82, 2.24) is 29.6 Å². The maximum Gasteiger partial charge on any atom is 0.481 e. The van der Waals surface area contributed by atoms with Gasteiger partial charge in [-0.3, -0.25) is 18.4 Å². The molecule has 0 saturated carbocycles. The molecular weight excluding hydrogens is 791 g/mol. The van der Waals surface area contributed by atoms with Crippen LogP contribution >= 0.6 is 15.6 Å². The number of amides is 2. The first kappa shape index (κ1) is 41.0. The number of fused-ring (bicyclic) bond motifs is 3. The second kappa shape index (κ2) is 15.7. The summed E-state index contributed by atoms with van der Waals surface area (Å²) in [5.74, 6) is 0. The lowest BCUT2D eigenvalue weighted by molar-refractivity contribution is -0.765. The molecule has 0 aromatic carbocycles. The molecule has 6 rings (SSSR count). The number of aliphatic hydroxyl groups excluding tert-OH is 4. The van der Waals surface area contributed by atoms with Crippen LogP contribution in [0.25, 0.3) is 16.8 Å². The highest BCUT2D eigenvalue weighted by atomic mass is 31.3. The number of halogens is 3. The smallest absolute Gasteiger partial charge is 0.387 e. The van der Waals surface area contributed by atoms with Crippen LogP contribution in [0, 0.1) is 0 Å². The lowest BCUT2D eigenvalue weighted by Crippen LogP contribution is -2.46. The molecule has 11 atom stereocenters. The van der Waals surface area contributed by atoms with Crippen molar-refractivity contribution in [2.24, 2.45) is 0 Å². The molecule has 0 radical (unpaired) electrons. The van der Waals surface area contributed by atoms with E-state index in [2.05, 4.69) is 19.3 Å². The molecule has 4 aromatic heterocycles. The summed E-state index contributed by atoms with van der Waals surface area (Å²) in [5, 5.41) is 44.2. The van der Waals surface area contributed by atoms with Crippen molar-refractivity contribution in [2.75, 3.05) is 26.8 Å². The number of nitrogens with one attached hydrogen (secondary N) is 2. The fourth-order valence-corrected chi connectivity index (χ4v) is 8.01. The molecule has 4 aromatic rings. The standard InChI is InChI=1S/C28H35F3N8O14P2/c1-14(36(2)27(44)33-11-28(29,30)31)15-3-6-37(7-4-15)25-21(42)19(40)16(51-25)9-49-54(45,46)53-55(47,48)50-10-17-20(41)22(43)26(52-17)39-13-34-18-23-32-5-8-38(23)12-35-24(18)39/h3-8,12-14,16-17,19-22,25-26,40-43H,9-11H2,1-2H3,(H2-,33,44,45,46,47,48)/p+2/t14-,16+,17+,19+,20+,21+,22+,25+,26+/m0/s1. The number of ether oxygens (including phenoxy) is 2. The van der Waals surface area contributed by atoms with Gasteiger partial charge >= 0.3 is 33.5 Å². The van der Waals surface area contributed by atoms with E-state index in [4.69, 9.17) is 18.5 Å². The fraction of sp³-hybridized carbons (Fsp3) is 0.536. The number of rotatable bonds is 13. The third-order valence-electron chi connectivity index (χ3n) is 8.97. The Morgan fingerprint density at radius 2 is 1.60 bits per heavy atom. The number of carbonyl (C=O) groups excluding carboxylic acids is 1. The summed E-state index contributed by atoms with van der Waals surface area (Å²) >= 11 is 0. The molecule has 8 N–H and O–H groups in total. The molecule has 0 aliphatic carbocycles. The van der Waals surface area contributed by atoms with Gasteiger partial charge in [-0.1, -0.05) is 4.98 Å². The number of imidazole rings is 2. The van der Waals surface area contributed by atoms with Gasteiger partial charge < -0.3 is 49.9 Å². The van der Waals surface area contributed by atoms with E-state index in [0.29, 0.717) is 22.4 Å². The van der Waals surface area contributed by atoms with E-state index in [0.717, 1.165) is 4.90 Å². The van der Waals surface area contributed by atoms with Crippen LogP contribution in [-0.4, -0.2) is 130 Å². The highest BCUT2D eigenvalue weighted by Crippen LogP contribution is 2.60. The molecule has 22 nitrogen and oxygen atoms in total. The normalized spacial score (nSPS) is 28.6. The van der Waals surface area contributed by atoms with Crippen LogP contribution in [0.3, 0.4) is 0 Å². The first-order chi connectivity index (χ1) is 25.7. The number of aromatic amines is 1. The molecular formula is C28H37F3N8O14P2+2. The minimum Gasteiger partial charge on any atom is -0.387 e. The summed E-state index contributed by atoms with van der Waals surface area (Å²) in [7, 11) is -9.56. The molecule has 302 valence electrons. The predicted molar refractivity (Wildman–Crippen MR) is 172 cm³/mol. The van der Waals surface area contributed by atoms with Gasteiger partial charge in [0, 0.05) is 31.6 Å². The van der Waals surface area contributed by atoms with E-state index < -0.39 is 103 Å². The van der Waals surface area contributed by atoms with Crippen molar-refractivity contribution < 1.29 is 89.3 Å². The maximum atomic E-state index is 12.6. The van der Waals surface area contributed by atoms with Crippen molar-refractivity contribution in [2.45, 2.75) is 68.2 Å². The topological polar surface area (TPSA) is 288 Å². The Kier molecular flexibility index (Phi) is 11.7. The van der Waals surface area contributed by atoms with Crippen LogP contribution in [-0.2, 0) is 32.0 Å². The largest absolute Gasteiger partial charge is 0.481 e. The van der Waals surface area contributed by atoms with Crippen molar-refractivity contribution >= 4 is 38.5 Å². The lowest BCUT2D eigenvalue weighted by Gasteiger charge is -2.25. The summed E-state index contributed by atoms with van der Waals surface area (Å²) in [4.78, 5) is 45.0. The average molecular weight is 829 g/mol. The number of pyridine rings is 1. The van der Waals surface area contributed by atoms with Gasteiger partial charge in [0.25, 0.3) is 6.23 Å². The first-order valence-corrected chi connectivity index (χ1v) is 19.2. The van der Waals surface area contributed by atoms with Crippen LogP contribution in [0.5, 0.6) is 0 Å². The fourth-order valence-electron chi connectivity index (χ4n) is 5.92. The first-order valence-electron chi connectivity index (χ1n) is 16.2. The van der Waals surface area contributed by atoms with E-state index in [9.17, 15) is 57.3 Å². The second-order valence-corrected chi connectivity index (χ2v) is 15.7. The van der Waals surface area contributed by atoms with Gasteiger partial charge in [-0.05, 0) is 12.5 Å². The molecule has 6 heterocycles. The van der Waals surface area contributed by atoms with Crippen LogP contribution in [0.4, 0.5) is 18.0 Å². The molecule has 2 saturated heterocycles. The Morgan fingerprint density at radius 1 is 1.02 bits per heavy atom. The van der Waals surface area contributed by atoms with Gasteiger partial charge in [0.15, 0.2) is 36.8 Å². The van der Waals surface area contributed by atoms with Crippen LogP contribution in [0.1, 0.15) is 31.0 Å². The van der Waals surface area contributed by atoms with Crippen molar-refractivity contribution in [3.8, 4) is 0 Å². The highest BCUT2D eigenvalue weighted by Gasteiger charge is 2.51. The van der Waals surface area contributed by atoms with Crippen LogP contribution in [0.15, 0.2) is 49.6 Å². The van der Waals surface area contributed by atoms with Gasteiger partial charge in [-0.25, -0.2) is 23.5 Å². The average Bonchev–Trinajstić information content (AvgIpc) is 3.90. The number of carbonyl (C=O) groups is 1. The quantitative estimate of drug-likeness (QED) is 0.0607. The number of hydrogen-bond donors (Lipinski definition) is 8. The number of H-pyrrole nitrogens is 1. The van der Waals surface area contributed by atoms with Gasteiger partial charge in [0.1, 0.15) is 37.1 Å². The molecule has 0 spiro atoms. The Hall–Kier alpha value is -3.68. The molecule has 2 amide bonds. The van der Waals surface area contributed by atoms with Crippen molar-refractivity contribution in [3.05, 3.63) is 55.1 Å². The summed E-state index contributed by atoms with van der Waals surface area (Å²) in [6.45, 7) is -1.79. The zero-order chi connectivity index (χ0) is 40.0. The number of hydrogen-bond acceptors (Lipinski definition) is 14. The molecule has 55 heavy (non-hydrogen) atoms. The van der Waals surface area contributed by atoms with Crippen LogP contribution < -0.4 is 14.5 Å². The van der Waals surface area contributed by atoms with Gasteiger partial charge in [-0.2, -0.15) is 22.0 Å². The number of aromatic nitrogens is 6. The summed E-state index contributed by atoms with van der Waals surface area (Å²) in [6, 6.07) is 1.30. The van der Waals surface area contributed by atoms with Gasteiger partial charge in [-0.15, -0.1) is 0 Å². The second-order valence-electron chi connectivity index (χ2n) is 12.6. The molecule has 0 bridgehead atoms. The number of phosphoric ester groups is 2. The Bertz CT molecular complexity index is 2090. The third-order valence-corrected chi connectivity index (χ3v) is 11.6. The lowest BCUT2D eigenvalue weighted by atomic mass is 10.1. The van der Waals surface area contributed by atoms with Crippen LogP contribution in [0.2, 0.25) is 0 Å². The maximum absolute atomic E-state index is 12.6. The summed E-state index contributed by atoms with van der Waals surface area (Å²) in [5.41, 5.74) is 1.77. The Labute approximate surface area is 307 Å². The summed E-state index contributed by atoms with van der Waals surface area (Å²) in [6.07, 6.45) is -7.73. The predicted octanol–water partition coefficient (Wildman–Crippen LogP) is -0.760. The zero-order valence-electron chi connectivity index (χ0n) is 28.6. The van der Waals surface area contributed by atoms with Gasteiger partial charge in [0.2, 0.25) is 11.7 Å². The SMILES string of the molecule is C[C@@H](c1cc[n+]([C@@H]2O[C@H](COP(=O)(O)OP(=O)(O)OC[C@H]3O[C@@H]([n+]4c[nH]c5c6nccn6cnc54)[C@H](O)[C@@H]3O)[C@@H](O)[C@H]2O)cc1)N(C)C(=O)NCC(F)(F)F. The van der Waals surface area contributed by atoms with Gasteiger partial charge in [0.05, 0.1) is 19.3 Å². The monoisotopic (exact) mass is 828 g/mol. The molecule has 2 aliphatic heterocycles. The van der Waals surface area contributed by atoms with E-state index in [1.807, 2.05) is 0 Å². The minimum atomic E-state index is -5.43. The van der Waals surface area contributed by atoms with E-state index in [1.54, 1.807) is 29.0 Å². The number of nitrogens with zero attached hydrogens (tertiary/aromatic N) is 6. The Balaban J connectivity index is 0.999. The minimum absolute atomic E-state index is 0.297. The van der Waals surface area contributed by atoms with Crippen molar-refractivity contribution in [1.29, 1.82) is 0 Å². The van der Waals surface area contributed by atoms with E-state index in [1.165, 1.54) is 53.4 Å². The third kappa shape index (κ3) is 8.99. The molecule has 27 heteroatoms. The van der Waals surface area contributed by atoms with E-state index in [-0.39, 0.29) is 0 Å². The summed E-state index contributed by atoms with van der Waals surface area (Å²) < 4.78 is 92.1. The number of aliphatic hydroxyl groups is 4. The Morgan fingerprint density at radius 3 is 2.20 bits per heavy atom. The molecule has 2 fully saturated rings.